The van der Waals surface area contributed by atoms with Crippen LogP contribution in [0.2, 0.25) is 0 Å². The molecule has 0 radical (unpaired) electrons. The molecule has 0 aliphatic carbocycles. The quantitative estimate of drug-likeness (QED) is 0.492. The number of benzene rings is 2. The summed E-state index contributed by atoms with van der Waals surface area (Å²) < 4.78 is 11.9. The maximum atomic E-state index is 12.7. The fourth-order valence-electron chi connectivity index (χ4n) is 3.94. The molecule has 34 heavy (non-hydrogen) atoms. The first-order chi connectivity index (χ1) is 16.4. The smallest absolute Gasteiger partial charge is 0.338 e. The number of hydrogen-bond acceptors (Lipinski definition) is 6. The predicted octanol–water partition coefficient (Wildman–Crippen LogP) is 3.82. The number of ether oxygens (including phenoxy) is 2. The van der Waals surface area contributed by atoms with Gasteiger partial charge in [0.25, 0.3) is 5.91 Å². The number of rotatable bonds is 8. The van der Waals surface area contributed by atoms with Crippen molar-refractivity contribution >= 4 is 29.3 Å². The van der Waals surface area contributed by atoms with E-state index in [0.717, 1.165) is 16.8 Å². The Morgan fingerprint density at radius 2 is 1.91 bits per heavy atom. The molecule has 0 saturated carbocycles. The molecule has 4 rings (SSSR count). The van der Waals surface area contributed by atoms with E-state index in [-0.39, 0.29) is 24.8 Å². The highest BCUT2D eigenvalue weighted by molar-refractivity contribution is 6.04. The lowest BCUT2D eigenvalue weighted by atomic mass is 10.0. The van der Waals surface area contributed by atoms with Crippen LogP contribution in [0.5, 0.6) is 5.75 Å². The lowest BCUT2D eigenvalue weighted by Gasteiger charge is -2.10. The first-order valence-corrected chi connectivity index (χ1v) is 11.1. The van der Waals surface area contributed by atoms with Gasteiger partial charge in [0.1, 0.15) is 17.6 Å². The fraction of sp³-hybridized carbons (Fsp3) is 0.280. The number of aryl methyl sites for hydroxylation is 1. The van der Waals surface area contributed by atoms with E-state index < -0.39 is 12.0 Å². The van der Waals surface area contributed by atoms with Crippen molar-refractivity contribution in [3.05, 3.63) is 59.8 Å². The maximum absolute atomic E-state index is 12.7. The van der Waals surface area contributed by atoms with Crippen molar-refractivity contribution in [2.24, 2.45) is 0 Å². The normalized spacial score (nSPS) is 14.3. The molecule has 2 amide bonds. The van der Waals surface area contributed by atoms with Crippen LogP contribution >= 0.6 is 0 Å². The van der Waals surface area contributed by atoms with E-state index in [1.165, 1.54) is 0 Å². The Morgan fingerprint density at radius 1 is 1.15 bits per heavy atom. The Bertz CT molecular complexity index is 1230. The molecule has 2 N–H and O–H groups in total. The second-order valence-corrected chi connectivity index (χ2v) is 7.76. The number of carbonyl (C=O) groups is 3. The number of methoxy groups -OCH3 is 1. The Balaban J connectivity index is 1.52. The minimum Gasteiger partial charge on any atom is -0.497 e. The van der Waals surface area contributed by atoms with E-state index in [1.54, 1.807) is 43.0 Å². The highest BCUT2D eigenvalue weighted by Crippen LogP contribution is 2.39. The second kappa shape index (κ2) is 9.78. The van der Waals surface area contributed by atoms with Crippen LogP contribution < -0.4 is 15.4 Å². The minimum atomic E-state index is -0.765. The van der Waals surface area contributed by atoms with Crippen LogP contribution in [-0.4, -0.2) is 41.3 Å². The van der Waals surface area contributed by atoms with E-state index in [2.05, 4.69) is 15.7 Å². The average Bonchev–Trinajstić information content (AvgIpc) is 3.34. The van der Waals surface area contributed by atoms with Gasteiger partial charge in [-0.1, -0.05) is 19.1 Å². The van der Waals surface area contributed by atoms with Crippen LogP contribution in [0.25, 0.3) is 11.1 Å². The van der Waals surface area contributed by atoms with Crippen molar-refractivity contribution in [1.29, 1.82) is 0 Å². The van der Waals surface area contributed by atoms with Crippen LogP contribution in [0.1, 0.15) is 42.4 Å². The standard InChI is InChI=1S/C25H26N4O5/c1-4-19-22(16-7-6-8-18(13-16)33-3)23-27-24(31)20(29(23)28-19)14-21(30)26-17-11-9-15(10-12-17)25(32)34-5-2/h6-13,20H,4-5,14H2,1-3H3,(H,26,30)(H,27,31). The Kier molecular flexibility index (Phi) is 6.62. The van der Waals surface area contributed by atoms with Gasteiger partial charge in [0.15, 0.2) is 0 Å². The molecular weight excluding hydrogens is 436 g/mol. The Morgan fingerprint density at radius 3 is 2.59 bits per heavy atom. The van der Waals surface area contributed by atoms with Gasteiger partial charge >= 0.3 is 5.97 Å². The number of aromatic nitrogens is 2. The summed E-state index contributed by atoms with van der Waals surface area (Å²) in [4.78, 5) is 37.2. The molecule has 1 atom stereocenters. The number of anilines is 2. The van der Waals surface area contributed by atoms with E-state index in [9.17, 15) is 14.4 Å². The van der Waals surface area contributed by atoms with E-state index in [4.69, 9.17) is 9.47 Å². The van der Waals surface area contributed by atoms with Crippen molar-refractivity contribution < 1.29 is 23.9 Å². The van der Waals surface area contributed by atoms with Crippen LogP contribution in [0.3, 0.4) is 0 Å². The van der Waals surface area contributed by atoms with Crippen molar-refractivity contribution in [3.63, 3.8) is 0 Å². The molecule has 1 unspecified atom stereocenters. The zero-order valence-corrected chi connectivity index (χ0v) is 19.3. The van der Waals surface area contributed by atoms with Gasteiger partial charge < -0.3 is 20.1 Å². The van der Waals surface area contributed by atoms with Gasteiger partial charge in [-0.15, -0.1) is 0 Å². The number of fused-ring (bicyclic) bond motifs is 1. The highest BCUT2D eigenvalue weighted by atomic mass is 16.5. The van der Waals surface area contributed by atoms with Gasteiger partial charge in [0.2, 0.25) is 5.91 Å². The van der Waals surface area contributed by atoms with Crippen molar-refractivity contribution in [2.45, 2.75) is 32.7 Å². The predicted molar refractivity (Wildman–Crippen MR) is 127 cm³/mol. The maximum Gasteiger partial charge on any atom is 0.338 e. The third-order valence-electron chi connectivity index (χ3n) is 5.57. The summed E-state index contributed by atoms with van der Waals surface area (Å²) in [5.74, 6) is 0.226. The lowest BCUT2D eigenvalue weighted by molar-refractivity contribution is -0.123. The number of nitrogens with one attached hydrogen (secondary N) is 2. The van der Waals surface area contributed by atoms with Gasteiger partial charge in [-0.3, -0.25) is 9.59 Å². The molecule has 0 saturated heterocycles. The molecule has 1 aliphatic heterocycles. The molecule has 1 aliphatic rings. The summed E-state index contributed by atoms with van der Waals surface area (Å²) >= 11 is 0. The topological polar surface area (TPSA) is 112 Å². The first-order valence-electron chi connectivity index (χ1n) is 11.1. The number of esters is 1. The molecule has 176 valence electrons. The van der Waals surface area contributed by atoms with Crippen LogP contribution in [0.15, 0.2) is 48.5 Å². The number of hydrogen-bond donors (Lipinski definition) is 2. The molecule has 0 fully saturated rings. The summed E-state index contributed by atoms with van der Waals surface area (Å²) in [5, 5.41) is 10.3. The van der Waals surface area contributed by atoms with Gasteiger partial charge in [-0.2, -0.15) is 5.10 Å². The molecule has 9 nitrogen and oxygen atoms in total. The van der Waals surface area contributed by atoms with Gasteiger partial charge in [-0.25, -0.2) is 9.48 Å². The van der Waals surface area contributed by atoms with E-state index in [0.29, 0.717) is 29.2 Å². The summed E-state index contributed by atoms with van der Waals surface area (Å²) in [6, 6.07) is 13.2. The van der Waals surface area contributed by atoms with Crippen LogP contribution in [0.4, 0.5) is 11.5 Å². The van der Waals surface area contributed by atoms with Crippen molar-refractivity contribution in [2.75, 3.05) is 24.4 Å². The monoisotopic (exact) mass is 462 g/mol. The van der Waals surface area contributed by atoms with Crippen molar-refractivity contribution in [3.8, 4) is 16.9 Å². The van der Waals surface area contributed by atoms with E-state index in [1.807, 2.05) is 31.2 Å². The average molecular weight is 463 g/mol. The van der Waals surface area contributed by atoms with Gasteiger partial charge in [0, 0.05) is 11.3 Å². The Hall–Kier alpha value is -4.14. The molecule has 9 heteroatoms. The zero-order valence-electron chi connectivity index (χ0n) is 19.3. The summed E-state index contributed by atoms with van der Waals surface area (Å²) in [6.45, 7) is 4.01. The second-order valence-electron chi connectivity index (χ2n) is 7.76. The molecule has 0 bridgehead atoms. The van der Waals surface area contributed by atoms with Gasteiger partial charge in [0.05, 0.1) is 31.4 Å². The van der Waals surface area contributed by atoms with Crippen molar-refractivity contribution in [1.82, 2.24) is 9.78 Å². The summed E-state index contributed by atoms with van der Waals surface area (Å²) in [7, 11) is 1.60. The molecule has 2 aromatic carbocycles. The third kappa shape index (κ3) is 4.50. The van der Waals surface area contributed by atoms with Crippen LogP contribution in [0, 0.1) is 0 Å². The number of nitrogens with zero attached hydrogens (tertiary/aromatic N) is 2. The zero-order chi connectivity index (χ0) is 24.2. The third-order valence-corrected chi connectivity index (χ3v) is 5.57. The van der Waals surface area contributed by atoms with E-state index >= 15 is 0 Å². The first kappa shape index (κ1) is 23.0. The summed E-state index contributed by atoms with van der Waals surface area (Å²) in [5.41, 5.74) is 3.44. The van der Waals surface area contributed by atoms with Gasteiger partial charge in [-0.05, 0) is 55.3 Å². The lowest BCUT2D eigenvalue weighted by Crippen LogP contribution is -2.24. The highest BCUT2D eigenvalue weighted by Gasteiger charge is 2.36. The molecule has 2 heterocycles. The largest absolute Gasteiger partial charge is 0.497 e. The number of amides is 2. The van der Waals surface area contributed by atoms with Crippen LogP contribution in [-0.2, 0) is 20.7 Å². The minimum absolute atomic E-state index is 0.0825. The summed E-state index contributed by atoms with van der Waals surface area (Å²) in [6.07, 6.45) is 0.578. The molecular formula is C25H26N4O5. The Labute approximate surface area is 197 Å². The molecule has 3 aromatic rings. The SMILES string of the molecule is CCOC(=O)c1ccc(NC(=O)CC2C(=O)Nc3c(-c4cccc(OC)c4)c(CC)nn32)cc1. The fourth-order valence-corrected chi connectivity index (χ4v) is 3.94. The number of carbonyl (C=O) groups excluding carboxylic acids is 3. The molecule has 0 spiro atoms. The molecule has 1 aromatic heterocycles.